The van der Waals surface area contributed by atoms with Crippen molar-refractivity contribution in [3.05, 3.63) is 35.4 Å². The number of hydrogen-bond donors (Lipinski definition) is 2. The van der Waals surface area contributed by atoms with Crippen molar-refractivity contribution in [3.8, 4) is 0 Å². The van der Waals surface area contributed by atoms with Crippen molar-refractivity contribution < 1.29 is 8.78 Å². The molecule has 0 spiro atoms. The molecule has 1 heterocycles. The highest BCUT2D eigenvalue weighted by Crippen LogP contribution is 2.28. The van der Waals surface area contributed by atoms with Crippen LogP contribution in [0.5, 0.6) is 0 Å². The van der Waals surface area contributed by atoms with Gasteiger partial charge in [-0.25, -0.2) is 8.78 Å². The highest BCUT2D eigenvalue weighted by Gasteiger charge is 2.23. The summed E-state index contributed by atoms with van der Waals surface area (Å²) >= 11 is 0. The average Bonchev–Trinajstić information content (AvgIpc) is 2.29. The molecule has 5 heteroatoms. The molecule has 2 rings (SSSR count). The van der Waals surface area contributed by atoms with Gasteiger partial charge in [0.15, 0.2) is 0 Å². The average molecular weight is 263 g/mol. The van der Waals surface area contributed by atoms with E-state index in [4.69, 9.17) is 5.73 Å². The maximum Gasteiger partial charge on any atom is 0.130 e. The molecule has 0 aliphatic carbocycles. The van der Waals surface area contributed by atoms with Gasteiger partial charge in [-0.15, -0.1) is 12.4 Å². The number of benzene rings is 1. The minimum Gasteiger partial charge on any atom is -0.324 e. The summed E-state index contributed by atoms with van der Waals surface area (Å²) in [5.41, 5.74) is 6.45. The van der Waals surface area contributed by atoms with Crippen molar-refractivity contribution in [2.24, 2.45) is 11.7 Å². The molecule has 1 aromatic carbocycles. The van der Waals surface area contributed by atoms with Crippen molar-refractivity contribution in [2.45, 2.75) is 18.9 Å². The molecule has 17 heavy (non-hydrogen) atoms. The molecule has 2 nitrogen and oxygen atoms in total. The summed E-state index contributed by atoms with van der Waals surface area (Å²) in [6.45, 7) is 1.84. The molecule has 0 amide bonds. The van der Waals surface area contributed by atoms with Crippen molar-refractivity contribution in [3.63, 3.8) is 0 Å². The molecule has 1 atom stereocenters. The Morgan fingerprint density at radius 1 is 1.24 bits per heavy atom. The van der Waals surface area contributed by atoms with Crippen LogP contribution >= 0.6 is 12.4 Å². The summed E-state index contributed by atoms with van der Waals surface area (Å²) in [7, 11) is 0. The van der Waals surface area contributed by atoms with Crippen LogP contribution in [0.1, 0.15) is 24.4 Å². The van der Waals surface area contributed by atoms with E-state index < -0.39 is 11.6 Å². The number of nitrogens with one attached hydrogen (secondary N) is 1. The third-order valence-corrected chi connectivity index (χ3v) is 3.21. The fourth-order valence-electron chi connectivity index (χ4n) is 2.23. The van der Waals surface area contributed by atoms with Crippen molar-refractivity contribution in [1.29, 1.82) is 0 Å². The van der Waals surface area contributed by atoms with Crippen LogP contribution in [0, 0.1) is 17.6 Å². The summed E-state index contributed by atoms with van der Waals surface area (Å²) in [6, 6.07) is 3.29. The van der Waals surface area contributed by atoms with Crippen molar-refractivity contribution in [1.82, 2.24) is 5.32 Å². The predicted molar refractivity (Wildman–Crippen MR) is 66.1 cm³/mol. The molecular formula is C12H17ClF2N2. The van der Waals surface area contributed by atoms with Gasteiger partial charge in [0.05, 0.1) is 0 Å². The van der Waals surface area contributed by atoms with Gasteiger partial charge in [-0.1, -0.05) is 6.07 Å². The first-order chi connectivity index (χ1) is 7.68. The van der Waals surface area contributed by atoms with E-state index in [-0.39, 0.29) is 24.4 Å². The zero-order valence-corrected chi connectivity index (χ0v) is 10.3. The first-order valence-electron chi connectivity index (χ1n) is 5.59. The third kappa shape index (κ3) is 3.37. The zero-order valence-electron chi connectivity index (χ0n) is 9.46. The molecule has 96 valence electrons. The minimum absolute atomic E-state index is 0. The van der Waals surface area contributed by atoms with Crippen LogP contribution in [0.2, 0.25) is 0 Å². The molecule has 0 bridgehead atoms. The van der Waals surface area contributed by atoms with Crippen LogP contribution in [0.4, 0.5) is 8.78 Å². The van der Waals surface area contributed by atoms with E-state index in [1.807, 2.05) is 0 Å². The van der Waals surface area contributed by atoms with E-state index in [0.717, 1.165) is 32.0 Å². The van der Waals surface area contributed by atoms with Gasteiger partial charge < -0.3 is 11.1 Å². The second-order valence-electron chi connectivity index (χ2n) is 4.28. The lowest BCUT2D eigenvalue weighted by Gasteiger charge is -2.28. The highest BCUT2D eigenvalue weighted by molar-refractivity contribution is 5.85. The monoisotopic (exact) mass is 262 g/mol. The van der Waals surface area contributed by atoms with Gasteiger partial charge in [0.25, 0.3) is 0 Å². The number of rotatable bonds is 2. The molecule has 0 radical (unpaired) electrons. The van der Waals surface area contributed by atoms with Gasteiger partial charge in [-0.2, -0.15) is 0 Å². The topological polar surface area (TPSA) is 38.0 Å². The quantitative estimate of drug-likeness (QED) is 0.859. The predicted octanol–water partition coefficient (Wildman–Crippen LogP) is 2.39. The standard InChI is InChI=1S/C12H16F2N2.ClH/c13-9-1-2-10(11(14)7-9)12(15)8-3-5-16-6-4-8;/h1-2,7-8,12,16H,3-6,15H2;1H/t12-;/m1./s1. The first-order valence-corrected chi connectivity index (χ1v) is 5.59. The number of nitrogens with two attached hydrogens (primary N) is 1. The SMILES string of the molecule is Cl.N[C@@H](c1ccc(F)cc1F)C1CCNCC1. The fourth-order valence-corrected chi connectivity index (χ4v) is 2.23. The lowest BCUT2D eigenvalue weighted by Crippen LogP contribution is -2.34. The van der Waals surface area contributed by atoms with Gasteiger partial charge in [-0.3, -0.25) is 0 Å². The van der Waals surface area contributed by atoms with Crippen LogP contribution in [-0.2, 0) is 0 Å². The number of piperidine rings is 1. The molecule has 1 saturated heterocycles. The van der Waals surface area contributed by atoms with Crippen LogP contribution in [-0.4, -0.2) is 13.1 Å². The van der Waals surface area contributed by atoms with E-state index in [1.54, 1.807) is 0 Å². The summed E-state index contributed by atoms with van der Waals surface area (Å²) < 4.78 is 26.3. The van der Waals surface area contributed by atoms with Crippen molar-refractivity contribution >= 4 is 12.4 Å². The molecule has 0 unspecified atom stereocenters. The van der Waals surface area contributed by atoms with Gasteiger partial charge in [0.2, 0.25) is 0 Å². The van der Waals surface area contributed by atoms with E-state index >= 15 is 0 Å². The van der Waals surface area contributed by atoms with Gasteiger partial charge in [0, 0.05) is 17.7 Å². The van der Waals surface area contributed by atoms with Gasteiger partial charge in [0.1, 0.15) is 11.6 Å². The number of hydrogen-bond acceptors (Lipinski definition) is 2. The molecule has 1 fully saturated rings. The smallest absolute Gasteiger partial charge is 0.130 e. The van der Waals surface area contributed by atoms with E-state index in [0.29, 0.717) is 5.56 Å². The second-order valence-corrected chi connectivity index (χ2v) is 4.28. The van der Waals surface area contributed by atoms with Gasteiger partial charge in [-0.05, 0) is 37.9 Å². The summed E-state index contributed by atoms with van der Waals surface area (Å²) in [5.74, 6) is -0.814. The third-order valence-electron chi connectivity index (χ3n) is 3.21. The molecule has 1 aliphatic rings. The van der Waals surface area contributed by atoms with Crippen LogP contribution < -0.4 is 11.1 Å². The first kappa shape index (κ1) is 14.4. The molecule has 1 aliphatic heterocycles. The normalized spacial score (nSPS) is 18.5. The van der Waals surface area contributed by atoms with E-state index in [9.17, 15) is 8.78 Å². The molecule has 1 aromatic rings. The molecular weight excluding hydrogens is 246 g/mol. The van der Waals surface area contributed by atoms with Crippen LogP contribution in [0.3, 0.4) is 0 Å². The second kappa shape index (κ2) is 6.28. The molecule has 3 N–H and O–H groups in total. The van der Waals surface area contributed by atoms with Crippen molar-refractivity contribution in [2.75, 3.05) is 13.1 Å². The molecule has 0 saturated carbocycles. The highest BCUT2D eigenvalue weighted by atomic mass is 35.5. The minimum atomic E-state index is -0.557. The summed E-state index contributed by atoms with van der Waals surface area (Å²) in [5, 5.41) is 3.24. The zero-order chi connectivity index (χ0) is 11.5. The Kier molecular flexibility index (Phi) is 5.31. The van der Waals surface area contributed by atoms with Crippen LogP contribution in [0.15, 0.2) is 18.2 Å². The van der Waals surface area contributed by atoms with E-state index in [2.05, 4.69) is 5.32 Å². The van der Waals surface area contributed by atoms with Crippen LogP contribution in [0.25, 0.3) is 0 Å². The number of halogens is 3. The Labute approximate surface area is 106 Å². The summed E-state index contributed by atoms with van der Waals surface area (Å²) in [4.78, 5) is 0. The maximum atomic E-state index is 13.5. The molecule has 0 aromatic heterocycles. The van der Waals surface area contributed by atoms with Gasteiger partial charge >= 0.3 is 0 Å². The lowest BCUT2D eigenvalue weighted by molar-refractivity contribution is 0.316. The summed E-state index contributed by atoms with van der Waals surface area (Å²) in [6.07, 6.45) is 1.88. The fraction of sp³-hybridized carbons (Fsp3) is 0.500. The lowest BCUT2D eigenvalue weighted by atomic mass is 9.86. The Bertz CT molecular complexity index is 368. The Morgan fingerprint density at radius 3 is 2.47 bits per heavy atom. The van der Waals surface area contributed by atoms with E-state index in [1.165, 1.54) is 12.1 Å². The Balaban J connectivity index is 0.00000144. The maximum absolute atomic E-state index is 13.5. The largest absolute Gasteiger partial charge is 0.324 e. The Morgan fingerprint density at radius 2 is 1.88 bits per heavy atom. The Hall–Kier alpha value is -0.710.